The second-order valence-electron chi connectivity index (χ2n) is 4.35. The van der Waals surface area contributed by atoms with Gasteiger partial charge in [0.1, 0.15) is 0 Å². The molecule has 0 aromatic carbocycles. The summed E-state index contributed by atoms with van der Waals surface area (Å²) in [6.07, 6.45) is 4.66. The largest absolute Gasteiger partial charge is 0.272 e. The topological polar surface area (TPSA) is 45.6 Å². The predicted molar refractivity (Wildman–Crippen MR) is 63.2 cm³/mol. The van der Waals surface area contributed by atoms with E-state index in [2.05, 4.69) is 23.9 Å². The van der Waals surface area contributed by atoms with E-state index < -0.39 is 0 Å². The van der Waals surface area contributed by atoms with Gasteiger partial charge >= 0.3 is 0 Å². The minimum atomic E-state index is 0.0434. The molecule has 0 saturated heterocycles. The van der Waals surface area contributed by atoms with Crippen LogP contribution in [0.1, 0.15) is 26.7 Å². The number of hydrogen-bond donors (Lipinski definition) is 0. The first-order valence-electron chi connectivity index (χ1n) is 5.46. The van der Waals surface area contributed by atoms with Gasteiger partial charge in [0.2, 0.25) is 0 Å². The molecular weight excluding hydrogens is 202 g/mol. The molecule has 16 heavy (non-hydrogen) atoms. The minimum absolute atomic E-state index is 0.0434. The number of aromatic nitrogens is 1. The molecule has 0 atom stereocenters. The van der Waals surface area contributed by atoms with E-state index in [0.717, 1.165) is 17.8 Å². The number of carbonyl (C=O) groups excluding carboxylic acids is 1. The van der Waals surface area contributed by atoms with Gasteiger partial charge in [-0.2, -0.15) is 5.10 Å². The second kappa shape index (κ2) is 4.43. The van der Waals surface area contributed by atoms with Crippen LogP contribution in [-0.2, 0) is 4.79 Å². The molecule has 1 amide bonds. The Balaban J connectivity index is 2.17. The highest BCUT2D eigenvalue weighted by Crippen LogP contribution is 2.21. The first kappa shape index (κ1) is 10.8. The summed E-state index contributed by atoms with van der Waals surface area (Å²) in [6, 6.07) is 3.58. The van der Waals surface area contributed by atoms with E-state index >= 15 is 0 Å². The summed E-state index contributed by atoms with van der Waals surface area (Å²) in [4.78, 5) is 15.7. The van der Waals surface area contributed by atoms with Crippen molar-refractivity contribution < 1.29 is 4.79 Å². The third-order valence-electron chi connectivity index (χ3n) is 2.38. The maximum absolute atomic E-state index is 11.8. The van der Waals surface area contributed by atoms with Gasteiger partial charge in [-0.15, -0.1) is 0 Å². The second-order valence-corrected chi connectivity index (χ2v) is 4.35. The van der Waals surface area contributed by atoms with Gasteiger partial charge in [-0.05, 0) is 24.5 Å². The summed E-state index contributed by atoms with van der Waals surface area (Å²) in [5, 5.41) is 5.82. The number of hydrogen-bond acceptors (Lipinski definition) is 3. The molecule has 0 spiro atoms. The Kier molecular flexibility index (Phi) is 2.99. The monoisotopic (exact) mass is 217 g/mol. The van der Waals surface area contributed by atoms with Crippen LogP contribution in [0.5, 0.6) is 0 Å². The fourth-order valence-corrected chi connectivity index (χ4v) is 1.75. The summed E-state index contributed by atoms with van der Waals surface area (Å²) >= 11 is 0. The lowest BCUT2D eigenvalue weighted by molar-refractivity contribution is -0.116. The molecule has 4 heteroatoms. The fraction of sp³-hybridized carbons (Fsp3) is 0.417. The maximum atomic E-state index is 11.8. The van der Waals surface area contributed by atoms with Crippen molar-refractivity contribution in [2.24, 2.45) is 11.0 Å². The highest BCUT2D eigenvalue weighted by Gasteiger charge is 2.25. The number of anilines is 1. The molecule has 0 unspecified atom stereocenters. The summed E-state index contributed by atoms with van der Waals surface area (Å²) in [5.41, 5.74) is 1.76. The van der Waals surface area contributed by atoms with Gasteiger partial charge in [-0.1, -0.05) is 13.8 Å². The number of carbonyl (C=O) groups is 1. The molecule has 1 aliphatic heterocycles. The quantitative estimate of drug-likeness (QED) is 0.779. The Morgan fingerprint density at radius 2 is 2.06 bits per heavy atom. The fourth-order valence-electron chi connectivity index (χ4n) is 1.75. The van der Waals surface area contributed by atoms with Gasteiger partial charge in [0.05, 0.1) is 12.1 Å². The summed E-state index contributed by atoms with van der Waals surface area (Å²) < 4.78 is 0. The number of amides is 1. The van der Waals surface area contributed by atoms with E-state index in [0.29, 0.717) is 12.3 Å². The molecule has 1 aromatic rings. The molecule has 0 aliphatic carbocycles. The number of rotatable bonds is 3. The highest BCUT2D eigenvalue weighted by molar-refractivity contribution is 6.12. The zero-order valence-corrected chi connectivity index (χ0v) is 9.55. The normalized spacial score (nSPS) is 15.8. The average molecular weight is 217 g/mol. The lowest BCUT2D eigenvalue weighted by atomic mass is 10.1. The van der Waals surface area contributed by atoms with Gasteiger partial charge in [0, 0.05) is 18.1 Å². The highest BCUT2D eigenvalue weighted by atomic mass is 16.2. The molecule has 2 heterocycles. The van der Waals surface area contributed by atoms with E-state index in [4.69, 9.17) is 0 Å². The van der Waals surface area contributed by atoms with Crippen LogP contribution in [0.4, 0.5) is 5.69 Å². The number of hydrazone groups is 1. The van der Waals surface area contributed by atoms with Crippen LogP contribution in [0.25, 0.3) is 0 Å². The van der Waals surface area contributed by atoms with Gasteiger partial charge in [-0.3, -0.25) is 9.78 Å². The molecule has 0 N–H and O–H groups in total. The summed E-state index contributed by atoms with van der Waals surface area (Å²) in [6.45, 7) is 4.25. The Bertz CT molecular complexity index is 412. The number of nitrogens with zero attached hydrogens (tertiary/aromatic N) is 3. The van der Waals surface area contributed by atoms with Gasteiger partial charge < -0.3 is 0 Å². The van der Waals surface area contributed by atoms with Crippen LogP contribution in [0.2, 0.25) is 0 Å². The van der Waals surface area contributed by atoms with Crippen LogP contribution < -0.4 is 5.01 Å². The van der Waals surface area contributed by atoms with Crippen molar-refractivity contribution in [1.29, 1.82) is 0 Å². The first-order chi connectivity index (χ1) is 7.66. The average Bonchev–Trinajstić information content (AvgIpc) is 2.60. The van der Waals surface area contributed by atoms with E-state index in [1.54, 1.807) is 24.5 Å². The third kappa shape index (κ3) is 2.27. The molecule has 0 fully saturated rings. The maximum Gasteiger partial charge on any atom is 0.253 e. The molecule has 84 valence electrons. The van der Waals surface area contributed by atoms with Crippen molar-refractivity contribution >= 4 is 17.3 Å². The van der Waals surface area contributed by atoms with Crippen LogP contribution in [0, 0.1) is 5.92 Å². The van der Waals surface area contributed by atoms with Crippen molar-refractivity contribution in [3.8, 4) is 0 Å². The van der Waals surface area contributed by atoms with Gasteiger partial charge in [0.25, 0.3) is 5.91 Å². The van der Waals surface area contributed by atoms with Gasteiger partial charge in [-0.25, -0.2) is 5.01 Å². The molecular formula is C12H15N3O. The van der Waals surface area contributed by atoms with Crippen molar-refractivity contribution in [2.45, 2.75) is 26.7 Å². The molecule has 0 saturated carbocycles. The van der Waals surface area contributed by atoms with Crippen molar-refractivity contribution in [3.63, 3.8) is 0 Å². The molecule has 4 nitrogen and oxygen atoms in total. The van der Waals surface area contributed by atoms with E-state index in [-0.39, 0.29) is 5.91 Å². The lowest BCUT2D eigenvalue weighted by Crippen LogP contribution is -2.19. The predicted octanol–water partition coefficient (Wildman–Crippen LogP) is 2.22. The Morgan fingerprint density at radius 1 is 1.38 bits per heavy atom. The van der Waals surface area contributed by atoms with Crippen LogP contribution >= 0.6 is 0 Å². The molecule has 1 aromatic heterocycles. The lowest BCUT2D eigenvalue weighted by Gasteiger charge is -2.10. The zero-order chi connectivity index (χ0) is 11.5. The van der Waals surface area contributed by atoms with E-state index in [1.807, 2.05) is 0 Å². The standard InChI is InChI=1S/C12H15N3O/c1-9(2)7-10-8-12(16)15(14-10)11-3-5-13-6-4-11/h3-6,9H,7-8H2,1-2H3. The Labute approximate surface area is 95.0 Å². The smallest absolute Gasteiger partial charge is 0.253 e. The van der Waals surface area contributed by atoms with Crippen molar-refractivity contribution in [3.05, 3.63) is 24.5 Å². The molecule has 0 bridgehead atoms. The summed E-state index contributed by atoms with van der Waals surface area (Å²) in [7, 11) is 0. The molecule has 0 radical (unpaired) electrons. The summed E-state index contributed by atoms with van der Waals surface area (Å²) in [5.74, 6) is 0.575. The zero-order valence-electron chi connectivity index (χ0n) is 9.55. The van der Waals surface area contributed by atoms with Crippen LogP contribution in [-0.4, -0.2) is 16.6 Å². The van der Waals surface area contributed by atoms with Crippen LogP contribution in [0.15, 0.2) is 29.6 Å². The Morgan fingerprint density at radius 3 is 2.69 bits per heavy atom. The van der Waals surface area contributed by atoms with Crippen molar-refractivity contribution in [2.75, 3.05) is 5.01 Å². The van der Waals surface area contributed by atoms with Gasteiger partial charge in [0.15, 0.2) is 0 Å². The SMILES string of the molecule is CC(C)CC1=NN(c2ccncc2)C(=O)C1. The van der Waals surface area contributed by atoms with E-state index in [1.165, 1.54) is 5.01 Å². The number of pyridine rings is 1. The molecule has 1 aliphatic rings. The molecule has 2 rings (SSSR count). The van der Waals surface area contributed by atoms with Crippen LogP contribution in [0.3, 0.4) is 0 Å². The first-order valence-corrected chi connectivity index (χ1v) is 5.46. The van der Waals surface area contributed by atoms with E-state index in [9.17, 15) is 4.79 Å². The Hall–Kier alpha value is -1.71. The minimum Gasteiger partial charge on any atom is -0.272 e. The third-order valence-corrected chi connectivity index (χ3v) is 2.38. The van der Waals surface area contributed by atoms with Crippen molar-refractivity contribution in [1.82, 2.24) is 4.98 Å².